The van der Waals surface area contributed by atoms with E-state index >= 15 is 0 Å². The van der Waals surface area contributed by atoms with E-state index < -0.39 is 17.8 Å². The van der Waals surface area contributed by atoms with Crippen molar-refractivity contribution in [2.45, 2.75) is 50.8 Å². The molecule has 1 aliphatic rings. The van der Waals surface area contributed by atoms with Crippen molar-refractivity contribution in [3.05, 3.63) is 35.9 Å². The number of hydrogen-bond acceptors (Lipinski definition) is 2. The molecule has 0 aliphatic heterocycles. The number of fused-ring (bicyclic) bond motifs is 1. The lowest BCUT2D eigenvalue weighted by Gasteiger charge is -2.23. The number of hydrogen-bond donors (Lipinski definition) is 1. The first kappa shape index (κ1) is 15.3. The minimum Gasteiger partial charge on any atom is -0.387 e. The number of halogens is 3. The SMILES string of the molecule is OC(c1cc(C(F)(F)F)cc2cncn12)C1CCCCCC1. The largest absolute Gasteiger partial charge is 0.416 e. The highest BCUT2D eigenvalue weighted by atomic mass is 19.4. The number of imidazole rings is 1. The molecule has 120 valence electrons. The fourth-order valence-corrected chi connectivity index (χ4v) is 3.32. The van der Waals surface area contributed by atoms with Gasteiger partial charge >= 0.3 is 6.18 Å². The van der Waals surface area contributed by atoms with Crippen molar-refractivity contribution in [1.82, 2.24) is 9.38 Å². The molecule has 0 radical (unpaired) electrons. The van der Waals surface area contributed by atoms with Gasteiger partial charge in [0.05, 0.1) is 35.4 Å². The Morgan fingerprint density at radius 1 is 1.14 bits per heavy atom. The molecule has 2 heterocycles. The lowest BCUT2D eigenvalue weighted by Crippen LogP contribution is -2.17. The molecule has 2 aromatic heterocycles. The van der Waals surface area contributed by atoms with Crippen LogP contribution in [0.2, 0.25) is 0 Å². The van der Waals surface area contributed by atoms with E-state index in [0.717, 1.165) is 50.7 Å². The molecule has 1 unspecified atom stereocenters. The summed E-state index contributed by atoms with van der Waals surface area (Å²) in [4.78, 5) is 3.92. The summed E-state index contributed by atoms with van der Waals surface area (Å²) in [5.41, 5.74) is -0.0881. The van der Waals surface area contributed by atoms with E-state index in [0.29, 0.717) is 5.52 Å². The van der Waals surface area contributed by atoms with Crippen LogP contribution < -0.4 is 0 Å². The summed E-state index contributed by atoms with van der Waals surface area (Å²) in [5, 5.41) is 10.7. The van der Waals surface area contributed by atoms with Crippen LogP contribution in [0.1, 0.15) is 55.9 Å². The first-order chi connectivity index (χ1) is 10.5. The number of aromatic nitrogens is 2. The topological polar surface area (TPSA) is 37.5 Å². The van der Waals surface area contributed by atoms with E-state index in [1.54, 1.807) is 4.40 Å². The zero-order valence-corrected chi connectivity index (χ0v) is 12.2. The summed E-state index contributed by atoms with van der Waals surface area (Å²) in [6, 6.07) is 2.13. The average Bonchev–Trinajstić information content (AvgIpc) is 2.78. The number of aliphatic hydroxyl groups is 1. The second kappa shape index (κ2) is 5.91. The molecular weight excluding hydrogens is 293 g/mol. The molecule has 1 saturated carbocycles. The first-order valence-electron chi connectivity index (χ1n) is 7.68. The normalized spacial score (nSPS) is 19.3. The van der Waals surface area contributed by atoms with Crippen LogP contribution in [0, 0.1) is 5.92 Å². The molecule has 0 spiro atoms. The molecule has 22 heavy (non-hydrogen) atoms. The van der Waals surface area contributed by atoms with Gasteiger partial charge in [-0.05, 0) is 30.9 Å². The number of aliphatic hydroxyl groups excluding tert-OH is 1. The second-order valence-corrected chi connectivity index (χ2v) is 6.05. The smallest absolute Gasteiger partial charge is 0.387 e. The molecule has 0 amide bonds. The number of alkyl halides is 3. The molecule has 2 aromatic rings. The van der Waals surface area contributed by atoms with Crippen LogP contribution in [0.4, 0.5) is 13.2 Å². The highest BCUT2D eigenvalue weighted by molar-refractivity contribution is 5.50. The highest BCUT2D eigenvalue weighted by Gasteiger charge is 2.33. The van der Waals surface area contributed by atoms with E-state index in [2.05, 4.69) is 4.98 Å². The Morgan fingerprint density at radius 3 is 2.45 bits per heavy atom. The van der Waals surface area contributed by atoms with Crippen LogP contribution in [0.15, 0.2) is 24.7 Å². The fraction of sp³-hybridized carbons (Fsp3) is 0.562. The van der Waals surface area contributed by atoms with Gasteiger partial charge < -0.3 is 9.51 Å². The Hall–Kier alpha value is -1.56. The molecule has 1 fully saturated rings. The van der Waals surface area contributed by atoms with Gasteiger partial charge in [0, 0.05) is 0 Å². The Morgan fingerprint density at radius 2 is 1.82 bits per heavy atom. The van der Waals surface area contributed by atoms with Crippen LogP contribution in [-0.2, 0) is 6.18 Å². The predicted molar refractivity (Wildman–Crippen MR) is 76.3 cm³/mol. The van der Waals surface area contributed by atoms with Crippen molar-refractivity contribution in [3.63, 3.8) is 0 Å². The zero-order valence-electron chi connectivity index (χ0n) is 12.2. The summed E-state index contributed by atoms with van der Waals surface area (Å²) in [5.74, 6) is 0.0107. The van der Waals surface area contributed by atoms with E-state index in [1.165, 1.54) is 12.5 Å². The van der Waals surface area contributed by atoms with Gasteiger partial charge in [0.25, 0.3) is 0 Å². The van der Waals surface area contributed by atoms with Crippen molar-refractivity contribution in [3.8, 4) is 0 Å². The zero-order chi connectivity index (χ0) is 15.7. The van der Waals surface area contributed by atoms with E-state index in [-0.39, 0.29) is 11.6 Å². The van der Waals surface area contributed by atoms with Crippen LogP contribution in [-0.4, -0.2) is 14.5 Å². The van der Waals surface area contributed by atoms with Gasteiger partial charge in [-0.2, -0.15) is 13.2 Å². The van der Waals surface area contributed by atoms with E-state index in [4.69, 9.17) is 0 Å². The van der Waals surface area contributed by atoms with Crippen LogP contribution in [0.5, 0.6) is 0 Å². The van der Waals surface area contributed by atoms with Crippen LogP contribution in [0.3, 0.4) is 0 Å². The Labute approximate surface area is 126 Å². The number of rotatable bonds is 2. The summed E-state index contributed by atoms with van der Waals surface area (Å²) >= 11 is 0. The first-order valence-corrected chi connectivity index (χ1v) is 7.68. The van der Waals surface area contributed by atoms with Crippen molar-refractivity contribution < 1.29 is 18.3 Å². The fourth-order valence-electron chi connectivity index (χ4n) is 3.32. The van der Waals surface area contributed by atoms with Gasteiger partial charge in [-0.15, -0.1) is 0 Å². The summed E-state index contributed by atoms with van der Waals surface area (Å²) in [6.45, 7) is 0. The molecule has 3 rings (SSSR count). The molecule has 3 nitrogen and oxygen atoms in total. The monoisotopic (exact) mass is 312 g/mol. The predicted octanol–water partition coefficient (Wildman–Crippen LogP) is 4.36. The van der Waals surface area contributed by atoms with Crippen molar-refractivity contribution in [2.24, 2.45) is 5.92 Å². The lowest BCUT2D eigenvalue weighted by atomic mass is 9.91. The molecular formula is C16H19F3N2O. The maximum atomic E-state index is 13.1. The highest BCUT2D eigenvalue weighted by Crippen LogP contribution is 2.37. The summed E-state index contributed by atoms with van der Waals surface area (Å²) < 4.78 is 40.7. The standard InChI is InChI=1S/C16H19F3N2O/c17-16(18,19)12-7-13-9-20-10-21(13)14(8-12)15(22)11-5-3-1-2-4-6-11/h7-11,15,22H,1-6H2. The third-order valence-corrected chi connectivity index (χ3v) is 4.53. The molecule has 1 aliphatic carbocycles. The average molecular weight is 312 g/mol. The maximum Gasteiger partial charge on any atom is 0.416 e. The van der Waals surface area contributed by atoms with E-state index in [1.807, 2.05) is 0 Å². The molecule has 0 aromatic carbocycles. The Bertz CT molecular complexity index is 642. The summed E-state index contributed by atoms with van der Waals surface area (Å²) in [6.07, 6.45) is 3.55. The van der Waals surface area contributed by atoms with Gasteiger partial charge in [-0.1, -0.05) is 25.7 Å². The number of nitrogens with zero attached hydrogens (tertiary/aromatic N) is 2. The third-order valence-electron chi connectivity index (χ3n) is 4.53. The molecule has 0 saturated heterocycles. The van der Waals surface area contributed by atoms with Crippen molar-refractivity contribution in [2.75, 3.05) is 0 Å². The van der Waals surface area contributed by atoms with E-state index in [9.17, 15) is 18.3 Å². The second-order valence-electron chi connectivity index (χ2n) is 6.05. The summed E-state index contributed by atoms with van der Waals surface area (Å²) in [7, 11) is 0. The van der Waals surface area contributed by atoms with Gasteiger partial charge in [0.15, 0.2) is 0 Å². The van der Waals surface area contributed by atoms with Crippen LogP contribution in [0.25, 0.3) is 5.52 Å². The van der Waals surface area contributed by atoms with Gasteiger partial charge in [-0.25, -0.2) is 4.98 Å². The quantitative estimate of drug-likeness (QED) is 0.837. The minimum absolute atomic E-state index is 0.0107. The third kappa shape index (κ3) is 2.97. The minimum atomic E-state index is -4.43. The van der Waals surface area contributed by atoms with Gasteiger partial charge in [0.2, 0.25) is 0 Å². The lowest BCUT2D eigenvalue weighted by molar-refractivity contribution is -0.137. The van der Waals surface area contributed by atoms with Gasteiger partial charge in [-0.3, -0.25) is 0 Å². The van der Waals surface area contributed by atoms with Gasteiger partial charge in [0.1, 0.15) is 0 Å². The Balaban J connectivity index is 2.02. The molecule has 0 bridgehead atoms. The maximum absolute atomic E-state index is 13.1. The van der Waals surface area contributed by atoms with Crippen LogP contribution >= 0.6 is 0 Å². The Kier molecular flexibility index (Phi) is 4.12. The molecule has 1 N–H and O–H groups in total. The number of pyridine rings is 1. The molecule has 6 heteroatoms. The molecule has 1 atom stereocenters. The van der Waals surface area contributed by atoms with Crippen molar-refractivity contribution in [1.29, 1.82) is 0 Å². The van der Waals surface area contributed by atoms with Crippen molar-refractivity contribution >= 4 is 5.52 Å².